The zero-order chi connectivity index (χ0) is 17.3. The minimum Gasteiger partial charge on any atom is -0.279 e. The van der Waals surface area contributed by atoms with Crippen molar-refractivity contribution in [3.05, 3.63) is 53.6 Å². The molecule has 2 aromatic rings. The van der Waals surface area contributed by atoms with Crippen molar-refractivity contribution in [2.75, 3.05) is 11.0 Å². The molecule has 23 heavy (non-hydrogen) atoms. The van der Waals surface area contributed by atoms with E-state index in [0.29, 0.717) is 12.1 Å². The highest BCUT2D eigenvalue weighted by atomic mass is 32.2. The summed E-state index contributed by atoms with van der Waals surface area (Å²) < 4.78 is 50.5. The van der Waals surface area contributed by atoms with Gasteiger partial charge in [0.25, 0.3) is 10.0 Å². The molecule has 0 fully saturated rings. The van der Waals surface area contributed by atoms with Gasteiger partial charge in [-0.25, -0.2) is 16.8 Å². The Hall–Kier alpha value is -1.86. The van der Waals surface area contributed by atoms with E-state index in [1.165, 1.54) is 24.3 Å². The summed E-state index contributed by atoms with van der Waals surface area (Å²) in [6, 6.07) is 10.8. The van der Waals surface area contributed by atoms with Gasteiger partial charge in [0, 0.05) is 6.26 Å². The SMILES string of the molecule is CCc1cccc(C)c1NS(=O)(=O)c1ccc(S(C)(=O)=O)cc1. The summed E-state index contributed by atoms with van der Waals surface area (Å²) in [5.41, 5.74) is 2.31. The number of nitrogens with one attached hydrogen (secondary N) is 1. The highest BCUT2D eigenvalue weighted by Crippen LogP contribution is 2.25. The standard InChI is InChI=1S/C16H19NO4S2/c1-4-13-7-5-6-12(2)16(13)17-23(20,21)15-10-8-14(9-11-15)22(3,18)19/h5-11,17H,4H2,1-3H3. The largest absolute Gasteiger partial charge is 0.279 e. The van der Waals surface area contributed by atoms with Gasteiger partial charge in [-0.3, -0.25) is 4.72 Å². The van der Waals surface area contributed by atoms with E-state index in [1.807, 2.05) is 32.0 Å². The summed E-state index contributed by atoms with van der Waals surface area (Å²) in [5, 5.41) is 0. The fraction of sp³-hybridized carbons (Fsp3) is 0.250. The Labute approximate surface area is 137 Å². The molecule has 0 aliphatic heterocycles. The molecule has 0 saturated carbocycles. The van der Waals surface area contributed by atoms with Crippen LogP contribution in [0.25, 0.3) is 0 Å². The van der Waals surface area contributed by atoms with Crippen LogP contribution in [0.2, 0.25) is 0 Å². The molecule has 7 heteroatoms. The number of hydrogen-bond donors (Lipinski definition) is 1. The monoisotopic (exact) mass is 353 g/mol. The first-order valence-corrected chi connectivity index (χ1v) is 10.4. The normalized spacial score (nSPS) is 12.1. The van der Waals surface area contributed by atoms with Crippen LogP contribution < -0.4 is 4.72 Å². The van der Waals surface area contributed by atoms with Gasteiger partial charge < -0.3 is 0 Å². The molecule has 0 heterocycles. The van der Waals surface area contributed by atoms with E-state index in [1.54, 1.807) is 0 Å². The van der Waals surface area contributed by atoms with E-state index >= 15 is 0 Å². The lowest BCUT2D eigenvalue weighted by molar-refractivity contribution is 0.597. The van der Waals surface area contributed by atoms with Crippen LogP contribution in [0.1, 0.15) is 18.1 Å². The van der Waals surface area contributed by atoms with Crippen LogP contribution in [-0.2, 0) is 26.3 Å². The zero-order valence-electron chi connectivity index (χ0n) is 13.2. The summed E-state index contributed by atoms with van der Waals surface area (Å²) in [4.78, 5) is 0.108. The van der Waals surface area contributed by atoms with Gasteiger partial charge in [-0.2, -0.15) is 0 Å². The first-order chi connectivity index (χ1) is 10.6. The molecule has 5 nitrogen and oxygen atoms in total. The quantitative estimate of drug-likeness (QED) is 0.896. The fourth-order valence-electron chi connectivity index (χ4n) is 2.23. The molecule has 0 unspecified atom stereocenters. The summed E-state index contributed by atoms with van der Waals surface area (Å²) in [5.74, 6) is 0. The second-order valence-corrected chi connectivity index (χ2v) is 9.01. The molecule has 124 valence electrons. The molecular formula is C16H19NO4S2. The molecule has 0 aliphatic rings. The third-order valence-corrected chi connectivity index (χ3v) is 6.03. The Morgan fingerprint density at radius 3 is 2.00 bits per heavy atom. The molecule has 0 radical (unpaired) electrons. The number of para-hydroxylation sites is 1. The molecule has 0 aromatic heterocycles. The van der Waals surface area contributed by atoms with Crippen LogP contribution in [-0.4, -0.2) is 23.1 Å². The number of sulfonamides is 1. The van der Waals surface area contributed by atoms with Crippen molar-refractivity contribution in [3.63, 3.8) is 0 Å². The average molecular weight is 353 g/mol. The van der Waals surface area contributed by atoms with Crippen molar-refractivity contribution >= 4 is 25.5 Å². The number of aryl methyl sites for hydroxylation is 2. The molecule has 0 saturated heterocycles. The number of anilines is 1. The van der Waals surface area contributed by atoms with Crippen LogP contribution in [0.15, 0.2) is 52.3 Å². The molecular weight excluding hydrogens is 334 g/mol. The first-order valence-electron chi connectivity index (χ1n) is 7.06. The molecule has 1 N–H and O–H groups in total. The van der Waals surface area contributed by atoms with E-state index in [-0.39, 0.29) is 9.79 Å². The van der Waals surface area contributed by atoms with E-state index < -0.39 is 19.9 Å². The maximum atomic E-state index is 12.5. The van der Waals surface area contributed by atoms with Crippen molar-refractivity contribution in [2.45, 2.75) is 30.1 Å². The Bertz CT molecular complexity index is 915. The highest BCUT2D eigenvalue weighted by Gasteiger charge is 2.18. The number of sulfone groups is 1. The highest BCUT2D eigenvalue weighted by molar-refractivity contribution is 7.92. The topological polar surface area (TPSA) is 80.3 Å². The van der Waals surface area contributed by atoms with Gasteiger partial charge >= 0.3 is 0 Å². The summed E-state index contributed by atoms with van der Waals surface area (Å²) in [7, 11) is -7.13. The summed E-state index contributed by atoms with van der Waals surface area (Å²) in [6.07, 6.45) is 1.78. The molecule has 2 aromatic carbocycles. The van der Waals surface area contributed by atoms with Gasteiger partial charge in [0.05, 0.1) is 15.5 Å². The molecule has 0 aliphatic carbocycles. The van der Waals surface area contributed by atoms with Gasteiger partial charge in [0.15, 0.2) is 9.84 Å². The summed E-state index contributed by atoms with van der Waals surface area (Å²) >= 11 is 0. The second kappa shape index (κ2) is 6.33. The van der Waals surface area contributed by atoms with Crippen LogP contribution in [0, 0.1) is 6.92 Å². The van der Waals surface area contributed by atoms with Gasteiger partial charge in [0.2, 0.25) is 0 Å². The van der Waals surface area contributed by atoms with Gasteiger partial charge in [0.1, 0.15) is 0 Å². The molecule has 0 amide bonds. The average Bonchev–Trinajstić information content (AvgIpc) is 2.48. The third-order valence-electron chi connectivity index (χ3n) is 3.54. The Morgan fingerprint density at radius 1 is 0.913 bits per heavy atom. The number of rotatable bonds is 5. The number of hydrogen-bond acceptors (Lipinski definition) is 4. The van der Waals surface area contributed by atoms with Crippen LogP contribution >= 0.6 is 0 Å². The predicted molar refractivity (Wildman–Crippen MR) is 90.9 cm³/mol. The van der Waals surface area contributed by atoms with Crippen molar-refractivity contribution in [2.24, 2.45) is 0 Å². The fourth-order valence-corrected chi connectivity index (χ4v) is 4.03. The van der Waals surface area contributed by atoms with E-state index in [2.05, 4.69) is 4.72 Å². The smallest absolute Gasteiger partial charge is 0.261 e. The Kier molecular flexibility index (Phi) is 4.81. The summed E-state index contributed by atoms with van der Waals surface area (Å²) in [6.45, 7) is 3.79. The van der Waals surface area contributed by atoms with Gasteiger partial charge in [-0.15, -0.1) is 0 Å². The van der Waals surface area contributed by atoms with Crippen molar-refractivity contribution in [3.8, 4) is 0 Å². The molecule has 0 spiro atoms. The maximum absolute atomic E-state index is 12.5. The maximum Gasteiger partial charge on any atom is 0.261 e. The second-order valence-electron chi connectivity index (χ2n) is 5.31. The van der Waals surface area contributed by atoms with Crippen LogP contribution in [0.5, 0.6) is 0 Å². The van der Waals surface area contributed by atoms with Gasteiger partial charge in [-0.1, -0.05) is 25.1 Å². The van der Waals surface area contributed by atoms with Crippen LogP contribution in [0.4, 0.5) is 5.69 Å². The minimum atomic E-state index is -3.78. The zero-order valence-corrected chi connectivity index (χ0v) is 14.8. The van der Waals surface area contributed by atoms with Gasteiger partial charge in [-0.05, 0) is 48.7 Å². The van der Waals surface area contributed by atoms with Crippen molar-refractivity contribution in [1.82, 2.24) is 0 Å². The minimum absolute atomic E-state index is 0.0233. The Balaban J connectivity index is 2.41. The predicted octanol–water partition coefficient (Wildman–Crippen LogP) is 2.76. The van der Waals surface area contributed by atoms with E-state index in [9.17, 15) is 16.8 Å². The Morgan fingerprint density at radius 2 is 1.48 bits per heavy atom. The molecule has 0 bridgehead atoms. The lowest BCUT2D eigenvalue weighted by Crippen LogP contribution is -2.15. The van der Waals surface area contributed by atoms with Crippen molar-refractivity contribution < 1.29 is 16.8 Å². The third kappa shape index (κ3) is 3.92. The van der Waals surface area contributed by atoms with E-state index in [0.717, 1.165) is 17.4 Å². The van der Waals surface area contributed by atoms with Crippen LogP contribution in [0.3, 0.4) is 0 Å². The molecule has 0 atom stereocenters. The van der Waals surface area contributed by atoms with E-state index in [4.69, 9.17) is 0 Å². The lowest BCUT2D eigenvalue weighted by atomic mass is 10.1. The van der Waals surface area contributed by atoms with Crippen molar-refractivity contribution in [1.29, 1.82) is 0 Å². The molecule has 2 rings (SSSR count). The lowest BCUT2D eigenvalue weighted by Gasteiger charge is -2.14. The first kappa shape index (κ1) is 17.5. The number of benzene rings is 2.